The molecule has 1 aliphatic rings. The molecular formula is C16H20N2O. The Balaban J connectivity index is 1.81. The Morgan fingerprint density at radius 2 is 2.21 bits per heavy atom. The van der Waals surface area contributed by atoms with Gasteiger partial charge in [0.25, 0.3) is 0 Å². The Bertz CT molecular complexity index is 557. The minimum atomic E-state index is -0.565. The van der Waals surface area contributed by atoms with E-state index in [9.17, 15) is 5.11 Å². The van der Waals surface area contributed by atoms with Crippen molar-refractivity contribution in [1.29, 1.82) is 0 Å². The van der Waals surface area contributed by atoms with Crippen LogP contribution in [0.2, 0.25) is 0 Å². The van der Waals surface area contributed by atoms with Crippen LogP contribution in [0.5, 0.6) is 0 Å². The Hall–Kier alpha value is -1.61. The number of aliphatic hydroxyl groups excluding tert-OH is 1. The number of aromatic nitrogens is 2. The molecule has 1 atom stereocenters. The van der Waals surface area contributed by atoms with Crippen LogP contribution in [0.1, 0.15) is 54.9 Å². The molecule has 3 heteroatoms. The zero-order valence-electron chi connectivity index (χ0n) is 11.3. The van der Waals surface area contributed by atoms with E-state index in [2.05, 4.69) is 24.2 Å². The van der Waals surface area contributed by atoms with Gasteiger partial charge in [0.1, 0.15) is 6.10 Å². The van der Waals surface area contributed by atoms with Crippen LogP contribution >= 0.6 is 0 Å². The van der Waals surface area contributed by atoms with E-state index in [-0.39, 0.29) is 0 Å². The third kappa shape index (κ3) is 2.71. The fourth-order valence-electron chi connectivity index (χ4n) is 2.46. The van der Waals surface area contributed by atoms with Crippen LogP contribution in [0.25, 0.3) is 0 Å². The van der Waals surface area contributed by atoms with Crippen molar-refractivity contribution in [1.82, 2.24) is 9.78 Å². The topological polar surface area (TPSA) is 38.0 Å². The van der Waals surface area contributed by atoms with Crippen LogP contribution in [0, 0.1) is 0 Å². The average Bonchev–Trinajstić information content (AvgIpc) is 3.19. The first-order valence-electron chi connectivity index (χ1n) is 7.08. The summed E-state index contributed by atoms with van der Waals surface area (Å²) in [5.74, 6) is 0.718. The van der Waals surface area contributed by atoms with Crippen molar-refractivity contribution in [3.63, 3.8) is 0 Å². The van der Waals surface area contributed by atoms with Gasteiger partial charge in [0.05, 0.1) is 6.20 Å². The van der Waals surface area contributed by atoms with Crippen molar-refractivity contribution in [2.45, 2.75) is 44.8 Å². The number of aliphatic hydroxyl groups is 1. The van der Waals surface area contributed by atoms with Gasteiger partial charge < -0.3 is 5.11 Å². The van der Waals surface area contributed by atoms with Crippen LogP contribution < -0.4 is 0 Å². The molecule has 0 aliphatic heterocycles. The first kappa shape index (κ1) is 12.4. The second-order valence-electron chi connectivity index (χ2n) is 5.38. The van der Waals surface area contributed by atoms with Gasteiger partial charge >= 0.3 is 0 Å². The van der Waals surface area contributed by atoms with Gasteiger partial charge in [0, 0.05) is 18.3 Å². The predicted octanol–water partition coefficient (Wildman–Crippen LogP) is 3.25. The number of hydrogen-bond acceptors (Lipinski definition) is 2. The van der Waals surface area contributed by atoms with Crippen LogP contribution in [0.4, 0.5) is 0 Å². The average molecular weight is 256 g/mol. The molecule has 1 fully saturated rings. The first-order chi connectivity index (χ1) is 9.28. The maximum absolute atomic E-state index is 10.4. The van der Waals surface area contributed by atoms with E-state index in [1.165, 1.54) is 18.4 Å². The Kier molecular flexibility index (Phi) is 3.38. The molecule has 1 aromatic heterocycles. The second-order valence-corrected chi connectivity index (χ2v) is 5.38. The molecule has 1 unspecified atom stereocenters. The van der Waals surface area contributed by atoms with Gasteiger partial charge in [-0.3, -0.25) is 4.68 Å². The van der Waals surface area contributed by atoms with Crippen molar-refractivity contribution in [2.75, 3.05) is 0 Å². The molecule has 1 N–H and O–H groups in total. The van der Waals surface area contributed by atoms with Gasteiger partial charge in [-0.15, -0.1) is 0 Å². The molecule has 1 aliphatic carbocycles. The van der Waals surface area contributed by atoms with E-state index in [1.807, 2.05) is 23.0 Å². The standard InChI is InChI=1S/C16H20N2O/c1-2-8-18-11-15(10-17-18)16(19)14-5-3-4-13(9-14)12-6-7-12/h3-5,9-12,16,19H,2,6-8H2,1H3. The summed E-state index contributed by atoms with van der Waals surface area (Å²) in [6.07, 6.45) is 6.77. The molecule has 0 radical (unpaired) electrons. The number of hydrogen-bond donors (Lipinski definition) is 1. The monoisotopic (exact) mass is 256 g/mol. The largest absolute Gasteiger partial charge is 0.384 e. The molecule has 1 saturated carbocycles. The minimum absolute atomic E-state index is 0.565. The highest BCUT2D eigenvalue weighted by Crippen LogP contribution is 2.40. The van der Waals surface area contributed by atoms with Crippen LogP contribution in [-0.2, 0) is 6.54 Å². The number of rotatable bonds is 5. The van der Waals surface area contributed by atoms with Gasteiger partial charge in [-0.2, -0.15) is 5.10 Å². The Labute approximate surface area is 113 Å². The highest BCUT2D eigenvalue weighted by Gasteiger charge is 2.24. The molecule has 1 aromatic carbocycles. The third-order valence-corrected chi connectivity index (χ3v) is 3.70. The maximum atomic E-state index is 10.4. The Morgan fingerprint density at radius 1 is 1.37 bits per heavy atom. The molecule has 1 heterocycles. The normalized spacial score (nSPS) is 16.5. The molecule has 0 spiro atoms. The Morgan fingerprint density at radius 3 is 2.95 bits per heavy atom. The zero-order valence-corrected chi connectivity index (χ0v) is 11.3. The van der Waals surface area contributed by atoms with Gasteiger partial charge in [0.2, 0.25) is 0 Å². The van der Waals surface area contributed by atoms with E-state index in [0.29, 0.717) is 0 Å². The van der Waals surface area contributed by atoms with E-state index in [0.717, 1.165) is 30.0 Å². The lowest BCUT2D eigenvalue weighted by molar-refractivity contribution is 0.220. The van der Waals surface area contributed by atoms with Crippen LogP contribution in [0.3, 0.4) is 0 Å². The number of nitrogens with zero attached hydrogens (tertiary/aromatic N) is 2. The lowest BCUT2D eigenvalue weighted by atomic mass is 10.0. The summed E-state index contributed by atoms with van der Waals surface area (Å²) in [5.41, 5.74) is 3.21. The van der Waals surface area contributed by atoms with Gasteiger partial charge in [-0.1, -0.05) is 31.2 Å². The van der Waals surface area contributed by atoms with Crippen molar-refractivity contribution in [3.05, 3.63) is 53.3 Å². The van der Waals surface area contributed by atoms with Crippen molar-refractivity contribution in [2.24, 2.45) is 0 Å². The van der Waals surface area contributed by atoms with Crippen molar-refractivity contribution < 1.29 is 5.11 Å². The molecule has 3 nitrogen and oxygen atoms in total. The lowest BCUT2D eigenvalue weighted by Crippen LogP contribution is -2.00. The molecular weight excluding hydrogens is 236 g/mol. The van der Waals surface area contributed by atoms with Crippen molar-refractivity contribution in [3.8, 4) is 0 Å². The summed E-state index contributed by atoms with van der Waals surface area (Å²) in [4.78, 5) is 0. The summed E-state index contributed by atoms with van der Waals surface area (Å²) >= 11 is 0. The first-order valence-corrected chi connectivity index (χ1v) is 7.08. The van der Waals surface area contributed by atoms with E-state index in [1.54, 1.807) is 6.20 Å². The van der Waals surface area contributed by atoms with E-state index in [4.69, 9.17) is 0 Å². The highest BCUT2D eigenvalue weighted by molar-refractivity contribution is 5.34. The summed E-state index contributed by atoms with van der Waals surface area (Å²) < 4.78 is 1.89. The number of aryl methyl sites for hydroxylation is 1. The highest BCUT2D eigenvalue weighted by atomic mass is 16.3. The van der Waals surface area contributed by atoms with E-state index < -0.39 is 6.10 Å². The smallest absolute Gasteiger partial charge is 0.107 e. The SMILES string of the molecule is CCCn1cc(C(O)c2cccc(C3CC3)c2)cn1. The maximum Gasteiger partial charge on any atom is 0.107 e. The van der Waals surface area contributed by atoms with Crippen LogP contribution in [-0.4, -0.2) is 14.9 Å². The molecule has 0 amide bonds. The van der Waals surface area contributed by atoms with Gasteiger partial charge in [-0.25, -0.2) is 0 Å². The summed E-state index contributed by atoms with van der Waals surface area (Å²) in [6.45, 7) is 3.02. The fraction of sp³-hybridized carbons (Fsp3) is 0.438. The van der Waals surface area contributed by atoms with Gasteiger partial charge in [0.15, 0.2) is 0 Å². The summed E-state index contributed by atoms with van der Waals surface area (Å²) in [7, 11) is 0. The minimum Gasteiger partial charge on any atom is -0.384 e. The van der Waals surface area contributed by atoms with Crippen molar-refractivity contribution >= 4 is 0 Å². The molecule has 3 rings (SSSR count). The quantitative estimate of drug-likeness (QED) is 0.891. The molecule has 0 bridgehead atoms. The van der Waals surface area contributed by atoms with E-state index >= 15 is 0 Å². The predicted molar refractivity (Wildman–Crippen MR) is 75.0 cm³/mol. The summed E-state index contributed by atoms with van der Waals surface area (Å²) in [6, 6.07) is 8.34. The fourth-order valence-corrected chi connectivity index (χ4v) is 2.46. The van der Waals surface area contributed by atoms with Gasteiger partial charge in [-0.05, 0) is 36.3 Å². The molecule has 100 valence electrons. The molecule has 19 heavy (non-hydrogen) atoms. The lowest BCUT2D eigenvalue weighted by Gasteiger charge is -2.10. The molecule has 0 saturated heterocycles. The number of benzene rings is 1. The summed E-state index contributed by atoms with van der Waals surface area (Å²) in [5, 5.41) is 14.7. The molecule has 2 aromatic rings. The van der Waals surface area contributed by atoms with Crippen LogP contribution in [0.15, 0.2) is 36.7 Å². The third-order valence-electron chi connectivity index (χ3n) is 3.70. The zero-order chi connectivity index (χ0) is 13.2. The second kappa shape index (κ2) is 5.17.